The zero-order chi connectivity index (χ0) is 15.1. The number of benzene rings is 1. The highest BCUT2D eigenvalue weighted by Gasteiger charge is 2.23. The van der Waals surface area contributed by atoms with Crippen LogP contribution in [0.1, 0.15) is 24.1 Å². The monoisotopic (exact) mass is 285 g/mol. The first kappa shape index (κ1) is 15.6. The first-order valence-corrected chi connectivity index (χ1v) is 7.26. The molecule has 0 fully saturated rings. The summed E-state index contributed by atoms with van der Waals surface area (Å²) in [5.74, 6) is 0. The van der Waals surface area contributed by atoms with Gasteiger partial charge in [-0.2, -0.15) is 0 Å². The van der Waals surface area contributed by atoms with Gasteiger partial charge in [-0.25, -0.2) is 0 Å². The quantitative estimate of drug-likeness (QED) is 0.816. The number of pyridine rings is 1. The van der Waals surface area contributed by atoms with Gasteiger partial charge in [0.2, 0.25) is 0 Å². The molecule has 0 aliphatic rings. The minimum absolute atomic E-state index is 0.0392. The van der Waals surface area contributed by atoms with Crippen molar-refractivity contribution in [3.05, 3.63) is 66.0 Å². The van der Waals surface area contributed by atoms with Crippen molar-refractivity contribution in [3.8, 4) is 0 Å². The molecule has 2 atom stereocenters. The van der Waals surface area contributed by atoms with Crippen LogP contribution < -0.4 is 5.73 Å². The molecule has 0 aliphatic heterocycles. The Morgan fingerprint density at radius 2 is 1.81 bits per heavy atom. The molecule has 1 aromatic carbocycles. The second-order valence-corrected chi connectivity index (χ2v) is 5.26. The van der Waals surface area contributed by atoms with Crippen molar-refractivity contribution in [2.24, 2.45) is 5.73 Å². The summed E-state index contributed by atoms with van der Waals surface area (Å²) in [5, 5.41) is 9.40. The normalized spacial score (nSPS) is 14.1. The predicted octanol–water partition coefficient (Wildman–Crippen LogP) is 1.96. The lowest BCUT2D eigenvalue weighted by molar-refractivity contribution is 0.129. The van der Waals surface area contributed by atoms with Crippen molar-refractivity contribution in [1.29, 1.82) is 0 Å². The number of hydrogen-bond acceptors (Lipinski definition) is 4. The van der Waals surface area contributed by atoms with Crippen molar-refractivity contribution in [3.63, 3.8) is 0 Å². The number of rotatable bonds is 7. The van der Waals surface area contributed by atoms with Gasteiger partial charge in [-0.3, -0.25) is 9.88 Å². The fourth-order valence-corrected chi connectivity index (χ4v) is 2.67. The van der Waals surface area contributed by atoms with E-state index >= 15 is 0 Å². The van der Waals surface area contributed by atoms with Crippen LogP contribution in [0, 0.1) is 0 Å². The van der Waals surface area contributed by atoms with Gasteiger partial charge >= 0.3 is 0 Å². The van der Waals surface area contributed by atoms with Gasteiger partial charge in [0.1, 0.15) is 0 Å². The molecule has 3 N–H and O–H groups in total. The second-order valence-electron chi connectivity index (χ2n) is 5.26. The van der Waals surface area contributed by atoms with Crippen LogP contribution in [0.5, 0.6) is 0 Å². The molecule has 0 spiro atoms. The predicted molar refractivity (Wildman–Crippen MR) is 84.6 cm³/mol. The van der Waals surface area contributed by atoms with Crippen molar-refractivity contribution in [2.45, 2.75) is 25.6 Å². The summed E-state index contributed by atoms with van der Waals surface area (Å²) in [7, 11) is 0. The Hall–Kier alpha value is -1.75. The molecule has 0 saturated heterocycles. The molecule has 112 valence electrons. The van der Waals surface area contributed by atoms with Gasteiger partial charge in [-0.1, -0.05) is 30.3 Å². The Balaban J connectivity index is 2.25. The van der Waals surface area contributed by atoms with Crippen LogP contribution in [0.3, 0.4) is 0 Å². The average molecular weight is 285 g/mol. The molecule has 0 amide bonds. The van der Waals surface area contributed by atoms with E-state index < -0.39 is 0 Å². The van der Waals surface area contributed by atoms with E-state index in [9.17, 15) is 5.11 Å². The maximum atomic E-state index is 9.40. The first-order chi connectivity index (χ1) is 10.2. The van der Waals surface area contributed by atoms with Gasteiger partial charge < -0.3 is 10.8 Å². The summed E-state index contributed by atoms with van der Waals surface area (Å²) in [6.07, 6.45) is 3.56. The van der Waals surface area contributed by atoms with E-state index in [4.69, 9.17) is 5.73 Å². The van der Waals surface area contributed by atoms with E-state index in [2.05, 4.69) is 22.0 Å². The summed E-state index contributed by atoms with van der Waals surface area (Å²) in [5.41, 5.74) is 8.55. The Morgan fingerprint density at radius 1 is 1.14 bits per heavy atom. The van der Waals surface area contributed by atoms with E-state index in [1.807, 2.05) is 37.3 Å². The highest BCUT2D eigenvalue weighted by Crippen LogP contribution is 2.24. The molecule has 0 aliphatic carbocycles. The highest BCUT2D eigenvalue weighted by molar-refractivity contribution is 5.19. The molecular formula is C17H23N3O. The third-order valence-corrected chi connectivity index (χ3v) is 3.55. The van der Waals surface area contributed by atoms with Crippen molar-refractivity contribution in [2.75, 3.05) is 13.2 Å². The largest absolute Gasteiger partial charge is 0.395 e. The molecule has 1 aromatic heterocycles. The topological polar surface area (TPSA) is 62.4 Å². The van der Waals surface area contributed by atoms with E-state index in [1.165, 1.54) is 5.56 Å². The van der Waals surface area contributed by atoms with Gasteiger partial charge in [0, 0.05) is 31.5 Å². The van der Waals surface area contributed by atoms with Crippen LogP contribution >= 0.6 is 0 Å². The Labute approximate surface area is 126 Å². The Bertz CT molecular complexity index is 516. The van der Waals surface area contributed by atoms with Gasteiger partial charge in [0.25, 0.3) is 0 Å². The number of nitrogens with zero attached hydrogens (tertiary/aromatic N) is 2. The van der Waals surface area contributed by atoms with E-state index in [-0.39, 0.29) is 18.7 Å². The molecule has 2 rings (SSSR count). The fourth-order valence-electron chi connectivity index (χ4n) is 2.67. The molecule has 1 heterocycles. The molecule has 21 heavy (non-hydrogen) atoms. The Kier molecular flexibility index (Phi) is 5.87. The number of aromatic nitrogens is 1. The molecule has 4 heteroatoms. The van der Waals surface area contributed by atoms with Gasteiger partial charge in [-0.05, 0) is 30.2 Å². The number of aliphatic hydroxyl groups excluding tert-OH is 1. The van der Waals surface area contributed by atoms with E-state index in [0.717, 1.165) is 12.1 Å². The van der Waals surface area contributed by atoms with Gasteiger partial charge in [0.05, 0.1) is 12.6 Å². The summed E-state index contributed by atoms with van der Waals surface area (Å²) < 4.78 is 0. The van der Waals surface area contributed by atoms with Crippen molar-refractivity contribution >= 4 is 0 Å². The molecule has 0 bridgehead atoms. The number of hydrogen-bond donors (Lipinski definition) is 2. The summed E-state index contributed by atoms with van der Waals surface area (Å²) in [6, 6.07) is 14.2. The maximum Gasteiger partial charge on any atom is 0.0558 e. The zero-order valence-corrected chi connectivity index (χ0v) is 12.4. The molecule has 4 nitrogen and oxygen atoms in total. The Morgan fingerprint density at radius 3 is 2.38 bits per heavy atom. The summed E-state index contributed by atoms with van der Waals surface area (Å²) >= 11 is 0. The van der Waals surface area contributed by atoms with Crippen molar-refractivity contribution in [1.82, 2.24) is 9.88 Å². The number of nitrogens with two attached hydrogens (primary N) is 1. The van der Waals surface area contributed by atoms with Gasteiger partial charge in [0.15, 0.2) is 0 Å². The lowest BCUT2D eigenvalue weighted by Crippen LogP contribution is -2.40. The van der Waals surface area contributed by atoms with Crippen LogP contribution in [0.2, 0.25) is 0 Å². The third-order valence-electron chi connectivity index (χ3n) is 3.55. The summed E-state index contributed by atoms with van der Waals surface area (Å²) in [4.78, 5) is 6.29. The molecular weight excluding hydrogens is 262 g/mol. The SMILES string of the molecule is CC(N)C(c1ccncc1)N(CCO)Cc1ccccc1. The molecule has 2 aromatic rings. The smallest absolute Gasteiger partial charge is 0.0558 e. The third kappa shape index (κ3) is 4.36. The molecule has 0 saturated carbocycles. The van der Waals surface area contributed by atoms with Crippen LogP contribution in [-0.4, -0.2) is 34.2 Å². The zero-order valence-electron chi connectivity index (χ0n) is 12.4. The number of aliphatic hydroxyl groups is 1. The molecule has 0 radical (unpaired) electrons. The minimum atomic E-state index is -0.0392. The van der Waals surface area contributed by atoms with E-state index in [1.54, 1.807) is 12.4 Å². The minimum Gasteiger partial charge on any atom is -0.395 e. The summed E-state index contributed by atoms with van der Waals surface area (Å²) in [6.45, 7) is 3.46. The van der Waals surface area contributed by atoms with E-state index in [0.29, 0.717) is 6.54 Å². The maximum absolute atomic E-state index is 9.40. The standard InChI is InChI=1S/C17H23N3O/c1-14(18)17(16-7-9-19-10-8-16)20(11-12-21)13-15-5-3-2-4-6-15/h2-10,14,17,21H,11-13,18H2,1H3. The van der Waals surface area contributed by atoms with Gasteiger partial charge in [-0.15, -0.1) is 0 Å². The van der Waals surface area contributed by atoms with Crippen LogP contribution in [0.25, 0.3) is 0 Å². The molecule has 2 unspecified atom stereocenters. The highest BCUT2D eigenvalue weighted by atomic mass is 16.3. The first-order valence-electron chi connectivity index (χ1n) is 7.26. The fraction of sp³-hybridized carbons (Fsp3) is 0.353. The van der Waals surface area contributed by atoms with Crippen molar-refractivity contribution < 1.29 is 5.11 Å². The van der Waals surface area contributed by atoms with Crippen LogP contribution in [-0.2, 0) is 6.54 Å². The average Bonchev–Trinajstić information content (AvgIpc) is 2.49. The van der Waals surface area contributed by atoms with Crippen LogP contribution in [0.15, 0.2) is 54.9 Å². The lowest BCUT2D eigenvalue weighted by atomic mass is 9.99. The van der Waals surface area contributed by atoms with Crippen LogP contribution in [0.4, 0.5) is 0 Å². The second kappa shape index (κ2) is 7.88. The lowest BCUT2D eigenvalue weighted by Gasteiger charge is -2.34.